The lowest BCUT2D eigenvalue weighted by atomic mass is 9.96. The number of rotatable bonds is 5. The van der Waals surface area contributed by atoms with Crippen LogP contribution in [0.4, 0.5) is 0 Å². The molecule has 0 amide bonds. The number of carbonyl (C=O) groups is 1. The zero-order valence-corrected chi connectivity index (χ0v) is 16.4. The van der Waals surface area contributed by atoms with Crippen molar-refractivity contribution in [1.82, 2.24) is 19.4 Å². The highest BCUT2D eigenvalue weighted by molar-refractivity contribution is 5.96. The second-order valence-corrected chi connectivity index (χ2v) is 7.98. The minimum Gasteiger partial charge on any atom is -0.477 e. The molecule has 3 aromatic rings. The molecular weight excluding hydrogens is 368 g/mol. The number of ether oxygens (including phenoxy) is 1. The minimum absolute atomic E-state index is 0.224. The predicted molar refractivity (Wildman–Crippen MR) is 109 cm³/mol. The summed E-state index contributed by atoms with van der Waals surface area (Å²) in [7, 11) is 1.73. The lowest BCUT2D eigenvalue weighted by molar-refractivity contribution is 0.0687. The van der Waals surface area contributed by atoms with E-state index in [1.807, 2.05) is 18.2 Å². The van der Waals surface area contributed by atoms with E-state index in [1.54, 1.807) is 29.9 Å². The van der Waals surface area contributed by atoms with E-state index in [4.69, 9.17) is 4.74 Å². The summed E-state index contributed by atoms with van der Waals surface area (Å²) in [5.74, 6) is 1.31. The highest BCUT2D eigenvalue weighted by atomic mass is 16.5. The molecule has 1 aliphatic carbocycles. The van der Waals surface area contributed by atoms with Crippen molar-refractivity contribution in [2.45, 2.75) is 37.6 Å². The van der Waals surface area contributed by atoms with Gasteiger partial charge in [0.1, 0.15) is 11.5 Å². The molecule has 5 rings (SSSR count). The van der Waals surface area contributed by atoms with Gasteiger partial charge in [-0.15, -0.1) is 0 Å². The lowest BCUT2D eigenvalue weighted by Crippen LogP contribution is -2.35. The average molecular weight is 392 g/mol. The standard InChI is InChI=1S/C22H24N4O3/c1-25-17(22(27)28)13-15-3-2-4-18(20(15)25)29-19-7-10-23-21(24-19)14-8-11-26(12-9-14)16-5-6-16/h2-4,7,10,13-14,16H,5-6,8-9,11-12H2,1H3,(H,27,28). The van der Waals surface area contributed by atoms with Crippen molar-refractivity contribution in [1.29, 1.82) is 0 Å². The molecule has 7 heteroatoms. The second-order valence-electron chi connectivity index (χ2n) is 7.98. The largest absolute Gasteiger partial charge is 0.477 e. The van der Waals surface area contributed by atoms with Crippen molar-refractivity contribution in [2.24, 2.45) is 7.05 Å². The van der Waals surface area contributed by atoms with Crippen LogP contribution in [0.5, 0.6) is 11.6 Å². The van der Waals surface area contributed by atoms with Crippen molar-refractivity contribution in [3.05, 3.63) is 48.0 Å². The van der Waals surface area contributed by atoms with Gasteiger partial charge in [-0.2, -0.15) is 4.98 Å². The molecule has 0 bridgehead atoms. The Morgan fingerprint density at radius 2 is 1.97 bits per heavy atom. The zero-order valence-electron chi connectivity index (χ0n) is 16.4. The van der Waals surface area contributed by atoms with Gasteiger partial charge in [-0.3, -0.25) is 0 Å². The summed E-state index contributed by atoms with van der Waals surface area (Å²) in [6, 6.07) is 9.80. The van der Waals surface area contributed by atoms with Gasteiger partial charge in [0.05, 0.1) is 5.52 Å². The maximum absolute atomic E-state index is 11.5. The molecule has 2 aliphatic rings. The number of para-hydroxylation sites is 1. The Hall–Kier alpha value is -2.93. The first-order valence-electron chi connectivity index (χ1n) is 10.2. The van der Waals surface area contributed by atoms with E-state index in [0.717, 1.165) is 48.7 Å². The Morgan fingerprint density at radius 1 is 1.17 bits per heavy atom. The molecule has 1 aromatic carbocycles. The van der Waals surface area contributed by atoms with Gasteiger partial charge in [0.15, 0.2) is 5.75 Å². The average Bonchev–Trinajstić information content (AvgIpc) is 3.52. The van der Waals surface area contributed by atoms with E-state index >= 15 is 0 Å². The molecule has 29 heavy (non-hydrogen) atoms. The highest BCUT2D eigenvalue weighted by Crippen LogP contribution is 2.35. The van der Waals surface area contributed by atoms with Crippen LogP contribution in [0.3, 0.4) is 0 Å². The number of carboxylic acid groups (broad SMARTS) is 1. The van der Waals surface area contributed by atoms with Crippen LogP contribution in [0.1, 0.15) is 47.9 Å². The van der Waals surface area contributed by atoms with E-state index in [2.05, 4.69) is 14.9 Å². The molecule has 0 radical (unpaired) electrons. The van der Waals surface area contributed by atoms with Crippen LogP contribution >= 0.6 is 0 Å². The Labute approximate surface area is 168 Å². The topological polar surface area (TPSA) is 80.5 Å². The van der Waals surface area contributed by atoms with Crippen LogP contribution in [0.15, 0.2) is 36.5 Å². The Bertz CT molecular complexity index is 1070. The number of piperidine rings is 1. The predicted octanol–water partition coefficient (Wildman–Crippen LogP) is 3.80. The molecule has 1 saturated heterocycles. The number of aromatic nitrogens is 3. The van der Waals surface area contributed by atoms with E-state index in [0.29, 0.717) is 17.5 Å². The molecule has 3 heterocycles. The smallest absolute Gasteiger partial charge is 0.352 e. The second kappa shape index (κ2) is 7.15. The molecule has 2 fully saturated rings. The normalized spacial score (nSPS) is 18.2. The van der Waals surface area contributed by atoms with Crippen LogP contribution < -0.4 is 4.74 Å². The number of fused-ring (bicyclic) bond motifs is 1. The van der Waals surface area contributed by atoms with Crippen molar-refractivity contribution in [2.75, 3.05) is 13.1 Å². The van der Waals surface area contributed by atoms with Gasteiger partial charge >= 0.3 is 5.97 Å². The summed E-state index contributed by atoms with van der Waals surface area (Å²) in [6.07, 6.45) is 6.60. The third kappa shape index (κ3) is 3.46. The van der Waals surface area contributed by atoms with Gasteiger partial charge in [0.25, 0.3) is 0 Å². The van der Waals surface area contributed by atoms with Crippen LogP contribution in [-0.2, 0) is 7.05 Å². The molecule has 150 valence electrons. The summed E-state index contributed by atoms with van der Waals surface area (Å²) in [5.41, 5.74) is 0.963. The molecule has 1 saturated carbocycles. The van der Waals surface area contributed by atoms with Gasteiger partial charge in [0, 0.05) is 36.7 Å². The number of benzene rings is 1. The molecule has 1 N–H and O–H groups in total. The monoisotopic (exact) mass is 392 g/mol. The summed E-state index contributed by atoms with van der Waals surface area (Å²) >= 11 is 0. The highest BCUT2D eigenvalue weighted by Gasteiger charge is 2.32. The first-order chi connectivity index (χ1) is 14.1. The fraction of sp³-hybridized carbons (Fsp3) is 0.409. The number of aryl methyl sites for hydroxylation is 1. The summed E-state index contributed by atoms with van der Waals surface area (Å²) < 4.78 is 7.73. The Morgan fingerprint density at radius 3 is 2.69 bits per heavy atom. The number of hydrogen-bond acceptors (Lipinski definition) is 5. The molecule has 7 nitrogen and oxygen atoms in total. The van der Waals surface area contributed by atoms with Crippen LogP contribution in [0.2, 0.25) is 0 Å². The van der Waals surface area contributed by atoms with E-state index in [9.17, 15) is 9.90 Å². The summed E-state index contributed by atoms with van der Waals surface area (Å²) in [6.45, 7) is 2.23. The molecule has 0 unspecified atom stereocenters. The number of aromatic carboxylic acids is 1. The SMILES string of the molecule is Cn1c(C(=O)O)cc2cccc(Oc3ccnc(C4CCN(C5CC5)CC4)n3)c21. The number of carboxylic acids is 1. The number of hydrogen-bond donors (Lipinski definition) is 1. The summed E-state index contributed by atoms with van der Waals surface area (Å²) in [5, 5.41) is 10.2. The van der Waals surface area contributed by atoms with Crippen LogP contribution in [0, 0.1) is 0 Å². The molecule has 1 aliphatic heterocycles. The van der Waals surface area contributed by atoms with Gasteiger partial charge in [-0.05, 0) is 50.9 Å². The number of nitrogens with zero attached hydrogens (tertiary/aromatic N) is 4. The first-order valence-corrected chi connectivity index (χ1v) is 10.2. The first kappa shape index (κ1) is 18.1. The fourth-order valence-electron chi connectivity index (χ4n) is 4.35. The van der Waals surface area contributed by atoms with E-state index in [1.165, 1.54) is 12.8 Å². The molecular formula is C22H24N4O3. The van der Waals surface area contributed by atoms with Crippen LogP contribution in [-0.4, -0.2) is 49.6 Å². The van der Waals surface area contributed by atoms with Crippen molar-refractivity contribution >= 4 is 16.9 Å². The third-order valence-corrected chi connectivity index (χ3v) is 6.06. The molecule has 2 aromatic heterocycles. The maximum atomic E-state index is 11.5. The quantitative estimate of drug-likeness (QED) is 0.711. The third-order valence-electron chi connectivity index (χ3n) is 6.06. The fourth-order valence-corrected chi connectivity index (χ4v) is 4.35. The Kier molecular flexibility index (Phi) is 4.47. The van der Waals surface area contributed by atoms with Crippen molar-refractivity contribution in [3.63, 3.8) is 0 Å². The van der Waals surface area contributed by atoms with Crippen molar-refractivity contribution < 1.29 is 14.6 Å². The van der Waals surface area contributed by atoms with Gasteiger partial charge < -0.3 is 19.3 Å². The molecule has 0 atom stereocenters. The molecule has 0 spiro atoms. The Balaban J connectivity index is 1.39. The van der Waals surface area contributed by atoms with Gasteiger partial charge in [-0.1, -0.05) is 12.1 Å². The van der Waals surface area contributed by atoms with Crippen molar-refractivity contribution in [3.8, 4) is 11.6 Å². The maximum Gasteiger partial charge on any atom is 0.352 e. The minimum atomic E-state index is -0.962. The van der Waals surface area contributed by atoms with Gasteiger partial charge in [-0.25, -0.2) is 9.78 Å². The lowest BCUT2D eigenvalue weighted by Gasteiger charge is -2.31. The number of likely N-dealkylation sites (tertiary alicyclic amines) is 1. The zero-order chi connectivity index (χ0) is 20.0. The van der Waals surface area contributed by atoms with E-state index < -0.39 is 5.97 Å². The van der Waals surface area contributed by atoms with Gasteiger partial charge in [0.2, 0.25) is 5.88 Å². The summed E-state index contributed by atoms with van der Waals surface area (Å²) in [4.78, 5) is 23.2. The van der Waals surface area contributed by atoms with E-state index in [-0.39, 0.29) is 5.69 Å². The van der Waals surface area contributed by atoms with Crippen LogP contribution in [0.25, 0.3) is 10.9 Å².